The van der Waals surface area contributed by atoms with E-state index in [0.29, 0.717) is 42.7 Å². The smallest absolute Gasteiger partial charge is 0.336 e. The number of carboxylic acid groups (broad SMARTS) is 1. The molecular formula is C20H23NO6. The summed E-state index contributed by atoms with van der Waals surface area (Å²) in [4.78, 5) is 37.1. The highest BCUT2D eigenvalue weighted by Gasteiger charge is 2.36. The Labute approximate surface area is 156 Å². The van der Waals surface area contributed by atoms with Crippen molar-refractivity contribution in [2.45, 2.75) is 52.2 Å². The molecule has 0 spiro atoms. The SMILES string of the molecule is CCc1cc(=O)oc2c(C)c(O[C@H](C)C(=O)N3CCC[C@H]3C(=O)O)ccc12. The van der Waals surface area contributed by atoms with Gasteiger partial charge in [0, 0.05) is 23.6 Å². The second-order valence-corrected chi connectivity index (χ2v) is 6.80. The van der Waals surface area contributed by atoms with E-state index in [2.05, 4.69) is 0 Å². The average Bonchev–Trinajstić information content (AvgIpc) is 3.13. The van der Waals surface area contributed by atoms with Crippen LogP contribution in [-0.4, -0.2) is 40.6 Å². The van der Waals surface area contributed by atoms with Gasteiger partial charge in [0.25, 0.3) is 5.91 Å². The van der Waals surface area contributed by atoms with E-state index in [9.17, 15) is 19.5 Å². The van der Waals surface area contributed by atoms with Crippen LogP contribution in [0.5, 0.6) is 5.75 Å². The predicted molar refractivity (Wildman–Crippen MR) is 99.1 cm³/mol. The van der Waals surface area contributed by atoms with Gasteiger partial charge in [-0.3, -0.25) is 4.79 Å². The number of hydrogen-bond acceptors (Lipinski definition) is 5. The molecule has 7 nitrogen and oxygen atoms in total. The molecule has 7 heteroatoms. The van der Waals surface area contributed by atoms with Crippen molar-refractivity contribution >= 4 is 22.8 Å². The Morgan fingerprint density at radius 2 is 2.15 bits per heavy atom. The van der Waals surface area contributed by atoms with Crippen LogP contribution in [0.2, 0.25) is 0 Å². The van der Waals surface area contributed by atoms with Gasteiger partial charge in [-0.05, 0) is 50.8 Å². The first-order valence-corrected chi connectivity index (χ1v) is 9.09. The lowest BCUT2D eigenvalue weighted by molar-refractivity contribution is -0.150. The summed E-state index contributed by atoms with van der Waals surface area (Å²) in [6, 6.07) is 4.24. The number of fused-ring (bicyclic) bond motifs is 1. The van der Waals surface area contributed by atoms with Crippen LogP contribution < -0.4 is 10.4 Å². The first kappa shape index (κ1) is 18.9. The minimum Gasteiger partial charge on any atom is -0.480 e. The molecule has 3 rings (SSSR count). The van der Waals surface area contributed by atoms with E-state index in [4.69, 9.17) is 9.15 Å². The van der Waals surface area contributed by atoms with Gasteiger partial charge < -0.3 is 19.2 Å². The topological polar surface area (TPSA) is 97.0 Å². The summed E-state index contributed by atoms with van der Waals surface area (Å²) in [5.41, 5.74) is 1.54. The zero-order valence-corrected chi connectivity index (χ0v) is 15.7. The molecular weight excluding hydrogens is 350 g/mol. The number of carbonyl (C=O) groups excluding carboxylic acids is 1. The van der Waals surface area contributed by atoms with E-state index in [-0.39, 0.29) is 5.91 Å². The molecule has 0 aliphatic carbocycles. The zero-order valence-electron chi connectivity index (χ0n) is 15.7. The Morgan fingerprint density at radius 1 is 1.41 bits per heavy atom. The quantitative estimate of drug-likeness (QED) is 0.809. The summed E-state index contributed by atoms with van der Waals surface area (Å²) < 4.78 is 11.2. The lowest BCUT2D eigenvalue weighted by Gasteiger charge is -2.25. The molecule has 2 atom stereocenters. The molecule has 1 amide bonds. The first-order valence-electron chi connectivity index (χ1n) is 9.09. The van der Waals surface area contributed by atoms with Crippen molar-refractivity contribution in [1.29, 1.82) is 0 Å². The molecule has 1 saturated heterocycles. The minimum atomic E-state index is -0.996. The molecule has 2 heterocycles. The minimum absolute atomic E-state index is 0.358. The molecule has 1 aromatic heterocycles. The lowest BCUT2D eigenvalue weighted by Crippen LogP contribution is -2.46. The van der Waals surface area contributed by atoms with Crippen molar-refractivity contribution in [3.63, 3.8) is 0 Å². The van der Waals surface area contributed by atoms with Gasteiger partial charge in [0.15, 0.2) is 6.10 Å². The van der Waals surface area contributed by atoms with Gasteiger partial charge >= 0.3 is 11.6 Å². The van der Waals surface area contributed by atoms with E-state index >= 15 is 0 Å². The molecule has 1 aliphatic heterocycles. The van der Waals surface area contributed by atoms with Gasteiger partial charge in [0.05, 0.1) is 0 Å². The number of ether oxygens (including phenoxy) is 1. The number of rotatable bonds is 5. The maximum atomic E-state index is 12.7. The third kappa shape index (κ3) is 3.54. The third-order valence-corrected chi connectivity index (χ3v) is 5.05. The highest BCUT2D eigenvalue weighted by Crippen LogP contribution is 2.30. The molecule has 1 aliphatic rings. The maximum Gasteiger partial charge on any atom is 0.336 e. The van der Waals surface area contributed by atoms with Crippen LogP contribution in [-0.2, 0) is 16.0 Å². The molecule has 1 aromatic carbocycles. The second-order valence-electron chi connectivity index (χ2n) is 6.80. The number of amides is 1. The van der Waals surface area contributed by atoms with Crippen LogP contribution in [0, 0.1) is 6.92 Å². The Morgan fingerprint density at radius 3 is 2.81 bits per heavy atom. The number of nitrogens with zero attached hydrogens (tertiary/aromatic N) is 1. The van der Waals surface area contributed by atoms with Crippen molar-refractivity contribution in [2.75, 3.05) is 6.54 Å². The standard InChI is InChI=1S/C20H23NO6/c1-4-13-10-17(22)27-18-11(2)16(8-7-14(13)18)26-12(3)19(23)21-9-5-6-15(21)20(24)25/h7-8,10,12,15H,4-6,9H2,1-3H3,(H,24,25)/t12-,15+/m1/s1. The molecule has 0 radical (unpaired) electrons. The van der Waals surface area contributed by atoms with Crippen LogP contribution >= 0.6 is 0 Å². The van der Waals surface area contributed by atoms with Crippen molar-refractivity contribution < 1.29 is 23.8 Å². The van der Waals surface area contributed by atoms with Gasteiger partial charge in [0.1, 0.15) is 17.4 Å². The van der Waals surface area contributed by atoms with Crippen LogP contribution in [0.3, 0.4) is 0 Å². The zero-order chi connectivity index (χ0) is 19.7. The van der Waals surface area contributed by atoms with Crippen molar-refractivity contribution in [2.24, 2.45) is 0 Å². The average molecular weight is 373 g/mol. The van der Waals surface area contributed by atoms with Crippen LogP contribution in [0.1, 0.15) is 37.8 Å². The lowest BCUT2D eigenvalue weighted by atomic mass is 10.0. The molecule has 1 fully saturated rings. The fourth-order valence-corrected chi connectivity index (χ4v) is 3.59. The van der Waals surface area contributed by atoms with Gasteiger partial charge in [-0.15, -0.1) is 0 Å². The largest absolute Gasteiger partial charge is 0.480 e. The summed E-state index contributed by atoms with van der Waals surface area (Å²) in [6.07, 6.45) is 0.966. The number of carbonyl (C=O) groups is 2. The van der Waals surface area contributed by atoms with Crippen LogP contribution in [0.25, 0.3) is 11.0 Å². The molecule has 0 saturated carbocycles. The first-order chi connectivity index (χ1) is 12.8. The van der Waals surface area contributed by atoms with Crippen LogP contribution in [0.15, 0.2) is 27.4 Å². The summed E-state index contributed by atoms with van der Waals surface area (Å²) in [5, 5.41) is 10.1. The summed E-state index contributed by atoms with van der Waals surface area (Å²) in [6.45, 7) is 5.74. The van der Waals surface area contributed by atoms with E-state index in [0.717, 1.165) is 10.9 Å². The Hall–Kier alpha value is -2.83. The van der Waals surface area contributed by atoms with Crippen LogP contribution in [0.4, 0.5) is 0 Å². The number of aliphatic carboxylic acids is 1. The normalized spacial score (nSPS) is 17.9. The molecule has 144 valence electrons. The molecule has 0 unspecified atom stereocenters. The van der Waals surface area contributed by atoms with Gasteiger partial charge in [-0.2, -0.15) is 0 Å². The number of hydrogen-bond donors (Lipinski definition) is 1. The Balaban J connectivity index is 1.88. The summed E-state index contributed by atoms with van der Waals surface area (Å²) >= 11 is 0. The maximum absolute atomic E-state index is 12.7. The number of aryl methyl sites for hydroxylation is 2. The van der Waals surface area contributed by atoms with Crippen molar-refractivity contribution in [1.82, 2.24) is 4.90 Å². The third-order valence-electron chi connectivity index (χ3n) is 5.05. The number of carboxylic acids is 1. The molecule has 27 heavy (non-hydrogen) atoms. The summed E-state index contributed by atoms with van der Waals surface area (Å²) in [5.74, 6) is -0.919. The summed E-state index contributed by atoms with van der Waals surface area (Å²) in [7, 11) is 0. The van der Waals surface area contributed by atoms with Gasteiger partial charge in [-0.1, -0.05) is 6.92 Å². The second kappa shape index (κ2) is 7.42. The fraction of sp³-hybridized carbons (Fsp3) is 0.450. The van der Waals surface area contributed by atoms with E-state index in [1.54, 1.807) is 19.9 Å². The van der Waals surface area contributed by atoms with E-state index in [1.165, 1.54) is 11.0 Å². The van der Waals surface area contributed by atoms with Crippen molar-refractivity contribution in [3.05, 3.63) is 39.7 Å². The Kier molecular flexibility index (Phi) is 5.21. The molecule has 2 aromatic rings. The predicted octanol–water partition coefficient (Wildman–Crippen LogP) is 2.51. The highest BCUT2D eigenvalue weighted by molar-refractivity contribution is 5.88. The number of likely N-dealkylation sites (tertiary alicyclic amines) is 1. The molecule has 0 bridgehead atoms. The van der Waals surface area contributed by atoms with Gasteiger partial charge in [-0.25, -0.2) is 9.59 Å². The number of benzene rings is 1. The fourth-order valence-electron chi connectivity index (χ4n) is 3.59. The monoisotopic (exact) mass is 373 g/mol. The molecule has 1 N–H and O–H groups in total. The van der Waals surface area contributed by atoms with E-state index in [1.807, 2.05) is 13.0 Å². The highest BCUT2D eigenvalue weighted by atomic mass is 16.5. The van der Waals surface area contributed by atoms with Gasteiger partial charge in [0.2, 0.25) is 0 Å². The van der Waals surface area contributed by atoms with Crippen molar-refractivity contribution in [3.8, 4) is 5.75 Å². The Bertz CT molecular complexity index is 947. The van der Waals surface area contributed by atoms with E-state index < -0.39 is 23.7 Å².